The van der Waals surface area contributed by atoms with Crippen molar-refractivity contribution < 1.29 is 4.79 Å². The predicted octanol–water partition coefficient (Wildman–Crippen LogP) is 1.39. The fourth-order valence-corrected chi connectivity index (χ4v) is 2.20. The number of nitrogens with zero attached hydrogens (tertiary/aromatic N) is 3. The highest BCUT2D eigenvalue weighted by atomic mass is 16.2. The van der Waals surface area contributed by atoms with Crippen LogP contribution in [0.25, 0.3) is 0 Å². The number of rotatable bonds is 9. The van der Waals surface area contributed by atoms with Crippen molar-refractivity contribution in [2.75, 3.05) is 30.4 Å². The van der Waals surface area contributed by atoms with Crippen LogP contribution >= 0.6 is 0 Å². The Kier molecular flexibility index (Phi) is 7.45. The van der Waals surface area contributed by atoms with Crippen LogP contribution in [0.15, 0.2) is 6.33 Å². The van der Waals surface area contributed by atoms with Crippen LogP contribution in [-0.2, 0) is 11.2 Å². The first kappa shape index (κ1) is 17.2. The number of anilines is 2. The van der Waals surface area contributed by atoms with E-state index in [-0.39, 0.29) is 5.91 Å². The molecule has 1 heterocycles. The predicted molar refractivity (Wildman–Crippen MR) is 84.9 cm³/mol. The van der Waals surface area contributed by atoms with Gasteiger partial charge in [-0.25, -0.2) is 15.8 Å². The number of nitrogen functional groups attached to an aromatic ring is 1. The number of amides is 1. The van der Waals surface area contributed by atoms with Gasteiger partial charge in [0.2, 0.25) is 5.91 Å². The zero-order chi connectivity index (χ0) is 15.7. The molecule has 1 amide bonds. The van der Waals surface area contributed by atoms with E-state index in [0.29, 0.717) is 18.8 Å². The van der Waals surface area contributed by atoms with Crippen molar-refractivity contribution in [1.82, 2.24) is 14.9 Å². The molecule has 1 aromatic rings. The molecule has 0 spiro atoms. The van der Waals surface area contributed by atoms with Gasteiger partial charge >= 0.3 is 0 Å². The lowest BCUT2D eigenvalue weighted by atomic mass is 10.1. The third kappa shape index (κ3) is 4.86. The Labute approximate surface area is 126 Å². The molecule has 0 saturated heterocycles. The summed E-state index contributed by atoms with van der Waals surface area (Å²) in [5.41, 5.74) is 3.55. The molecule has 1 aromatic heterocycles. The molecule has 0 aromatic carbocycles. The third-order valence-electron chi connectivity index (χ3n) is 3.33. The number of hydrogen-bond donors (Lipinski definition) is 3. The van der Waals surface area contributed by atoms with Crippen molar-refractivity contribution in [2.24, 2.45) is 5.84 Å². The van der Waals surface area contributed by atoms with Crippen molar-refractivity contribution in [2.45, 2.75) is 40.0 Å². The van der Waals surface area contributed by atoms with Crippen molar-refractivity contribution in [1.29, 1.82) is 0 Å². The first-order valence-electron chi connectivity index (χ1n) is 7.49. The summed E-state index contributed by atoms with van der Waals surface area (Å²) in [6.45, 7) is 8.08. The molecule has 0 aliphatic carbocycles. The van der Waals surface area contributed by atoms with Gasteiger partial charge in [0.25, 0.3) is 0 Å². The summed E-state index contributed by atoms with van der Waals surface area (Å²) in [7, 11) is 0. The Hall–Kier alpha value is -1.89. The molecule has 21 heavy (non-hydrogen) atoms. The monoisotopic (exact) mass is 294 g/mol. The molecule has 0 aliphatic rings. The highest BCUT2D eigenvalue weighted by Gasteiger charge is 2.12. The SMILES string of the molecule is CCCc1c(NN)ncnc1NCCC(=O)N(CC)CC. The Balaban J connectivity index is 2.65. The second-order valence-electron chi connectivity index (χ2n) is 4.69. The fourth-order valence-electron chi connectivity index (χ4n) is 2.20. The molecular weight excluding hydrogens is 268 g/mol. The number of nitrogens with two attached hydrogens (primary N) is 1. The van der Waals surface area contributed by atoms with Crippen LogP contribution in [0.4, 0.5) is 11.6 Å². The maximum absolute atomic E-state index is 12.0. The van der Waals surface area contributed by atoms with E-state index in [1.807, 2.05) is 18.7 Å². The van der Waals surface area contributed by atoms with Crippen LogP contribution in [0, 0.1) is 0 Å². The Morgan fingerprint density at radius 1 is 1.24 bits per heavy atom. The largest absolute Gasteiger partial charge is 0.369 e. The van der Waals surface area contributed by atoms with E-state index in [4.69, 9.17) is 5.84 Å². The minimum absolute atomic E-state index is 0.149. The van der Waals surface area contributed by atoms with Gasteiger partial charge in [0.05, 0.1) is 0 Å². The molecule has 0 bridgehead atoms. The lowest BCUT2D eigenvalue weighted by Gasteiger charge is -2.19. The summed E-state index contributed by atoms with van der Waals surface area (Å²) in [5.74, 6) is 6.99. The van der Waals surface area contributed by atoms with Crippen LogP contribution in [0.5, 0.6) is 0 Å². The van der Waals surface area contributed by atoms with Gasteiger partial charge in [0.15, 0.2) is 0 Å². The second kappa shape index (κ2) is 9.12. The Morgan fingerprint density at radius 2 is 1.90 bits per heavy atom. The average molecular weight is 294 g/mol. The maximum atomic E-state index is 12.0. The van der Waals surface area contributed by atoms with E-state index >= 15 is 0 Å². The van der Waals surface area contributed by atoms with E-state index in [9.17, 15) is 4.79 Å². The molecule has 0 radical (unpaired) electrons. The molecule has 0 fully saturated rings. The van der Waals surface area contributed by atoms with Gasteiger partial charge in [0.1, 0.15) is 18.0 Å². The van der Waals surface area contributed by atoms with Crippen LogP contribution in [0.1, 0.15) is 39.2 Å². The average Bonchev–Trinajstić information content (AvgIpc) is 2.50. The van der Waals surface area contributed by atoms with Gasteiger partial charge in [0, 0.05) is 31.6 Å². The molecule has 7 nitrogen and oxygen atoms in total. The number of carbonyl (C=O) groups is 1. The highest BCUT2D eigenvalue weighted by Crippen LogP contribution is 2.20. The van der Waals surface area contributed by atoms with Crippen LogP contribution < -0.4 is 16.6 Å². The standard InChI is InChI=1S/C14H26N6O/c1-4-7-11-13(17-10-18-14(11)19-15)16-9-8-12(21)20(5-2)6-3/h10H,4-9,15H2,1-3H3,(H2,16,17,18,19). The van der Waals surface area contributed by atoms with Crippen molar-refractivity contribution in [3.05, 3.63) is 11.9 Å². The summed E-state index contributed by atoms with van der Waals surface area (Å²) >= 11 is 0. The van der Waals surface area contributed by atoms with Crippen LogP contribution in [0.2, 0.25) is 0 Å². The molecule has 4 N–H and O–H groups in total. The summed E-state index contributed by atoms with van der Waals surface area (Å²) < 4.78 is 0. The van der Waals surface area contributed by atoms with Crippen LogP contribution in [0.3, 0.4) is 0 Å². The quantitative estimate of drug-likeness (QED) is 0.470. The van der Waals surface area contributed by atoms with Crippen molar-refractivity contribution in [3.8, 4) is 0 Å². The third-order valence-corrected chi connectivity index (χ3v) is 3.33. The molecule has 0 saturated carbocycles. The zero-order valence-electron chi connectivity index (χ0n) is 13.1. The summed E-state index contributed by atoms with van der Waals surface area (Å²) in [5, 5.41) is 3.21. The summed E-state index contributed by atoms with van der Waals surface area (Å²) in [6.07, 6.45) is 3.70. The van der Waals surface area contributed by atoms with Crippen LogP contribution in [-0.4, -0.2) is 40.4 Å². The lowest BCUT2D eigenvalue weighted by molar-refractivity contribution is -0.130. The van der Waals surface area contributed by atoms with Gasteiger partial charge in [-0.3, -0.25) is 4.79 Å². The number of hydrazine groups is 1. The topological polar surface area (TPSA) is 96.2 Å². The normalized spacial score (nSPS) is 10.3. The molecule has 0 atom stereocenters. The first-order chi connectivity index (χ1) is 10.2. The summed E-state index contributed by atoms with van der Waals surface area (Å²) in [4.78, 5) is 22.1. The van der Waals surface area contributed by atoms with E-state index in [1.54, 1.807) is 0 Å². The number of nitrogens with one attached hydrogen (secondary N) is 2. The van der Waals surface area contributed by atoms with E-state index in [2.05, 4.69) is 27.6 Å². The van der Waals surface area contributed by atoms with Gasteiger partial charge in [-0.2, -0.15) is 0 Å². The number of aromatic nitrogens is 2. The van der Waals surface area contributed by atoms with Gasteiger partial charge in [-0.15, -0.1) is 0 Å². The van der Waals surface area contributed by atoms with Crippen molar-refractivity contribution >= 4 is 17.5 Å². The summed E-state index contributed by atoms with van der Waals surface area (Å²) in [6, 6.07) is 0. The minimum Gasteiger partial charge on any atom is -0.369 e. The van der Waals surface area contributed by atoms with E-state index < -0.39 is 0 Å². The Morgan fingerprint density at radius 3 is 2.48 bits per heavy atom. The Bertz CT molecular complexity index is 447. The van der Waals surface area contributed by atoms with Gasteiger partial charge in [-0.05, 0) is 20.3 Å². The zero-order valence-corrected chi connectivity index (χ0v) is 13.1. The molecule has 0 unspecified atom stereocenters. The molecule has 1 rings (SSSR count). The fraction of sp³-hybridized carbons (Fsp3) is 0.643. The van der Waals surface area contributed by atoms with E-state index in [1.165, 1.54) is 6.33 Å². The van der Waals surface area contributed by atoms with Crippen molar-refractivity contribution in [3.63, 3.8) is 0 Å². The smallest absolute Gasteiger partial charge is 0.224 e. The number of hydrogen-bond acceptors (Lipinski definition) is 6. The van der Waals surface area contributed by atoms with E-state index in [0.717, 1.165) is 37.3 Å². The lowest BCUT2D eigenvalue weighted by Crippen LogP contribution is -2.31. The minimum atomic E-state index is 0.149. The molecule has 118 valence electrons. The van der Waals surface area contributed by atoms with Gasteiger partial charge in [-0.1, -0.05) is 13.3 Å². The highest BCUT2D eigenvalue weighted by molar-refractivity contribution is 5.76. The molecular formula is C14H26N6O. The number of carbonyl (C=O) groups excluding carboxylic acids is 1. The maximum Gasteiger partial charge on any atom is 0.224 e. The van der Waals surface area contributed by atoms with Gasteiger partial charge < -0.3 is 15.6 Å². The molecule has 0 aliphatic heterocycles. The molecule has 7 heteroatoms. The second-order valence-corrected chi connectivity index (χ2v) is 4.69. The first-order valence-corrected chi connectivity index (χ1v) is 7.49.